The van der Waals surface area contributed by atoms with E-state index in [0.29, 0.717) is 40.3 Å². The topological polar surface area (TPSA) is 79.9 Å². The van der Waals surface area contributed by atoms with Gasteiger partial charge in [0.25, 0.3) is 11.8 Å². The minimum absolute atomic E-state index is 0.0634. The molecule has 2 amide bonds. The molecule has 0 aliphatic carbocycles. The molecule has 0 bridgehead atoms. The van der Waals surface area contributed by atoms with Crippen LogP contribution in [0.1, 0.15) is 52.8 Å². The predicted molar refractivity (Wildman–Crippen MR) is 121 cm³/mol. The SMILES string of the molecule is O=C(NC[C@H]1CCCN2CCCC[C@H]12)c1ccc(NC(=O)c2ccc3c(c2)OCO3)cc1. The van der Waals surface area contributed by atoms with Crippen molar-refractivity contribution in [3.05, 3.63) is 53.6 Å². The number of ether oxygens (including phenoxy) is 2. The van der Waals surface area contributed by atoms with Crippen LogP contribution in [0.5, 0.6) is 11.5 Å². The molecule has 0 spiro atoms. The zero-order chi connectivity index (χ0) is 21.9. The third kappa shape index (κ3) is 4.43. The highest BCUT2D eigenvalue weighted by Gasteiger charge is 2.32. The summed E-state index contributed by atoms with van der Waals surface area (Å²) in [5.41, 5.74) is 1.72. The van der Waals surface area contributed by atoms with Crippen molar-refractivity contribution in [2.75, 3.05) is 31.7 Å². The number of rotatable bonds is 5. The molecule has 0 radical (unpaired) electrons. The van der Waals surface area contributed by atoms with Gasteiger partial charge in [-0.05, 0) is 87.2 Å². The van der Waals surface area contributed by atoms with Gasteiger partial charge < -0.3 is 25.0 Å². The largest absolute Gasteiger partial charge is 0.454 e. The molecule has 5 rings (SSSR count). The maximum Gasteiger partial charge on any atom is 0.255 e. The number of nitrogens with zero attached hydrogens (tertiary/aromatic N) is 1. The van der Waals surface area contributed by atoms with Gasteiger partial charge in [-0.15, -0.1) is 0 Å². The number of hydrogen-bond acceptors (Lipinski definition) is 5. The van der Waals surface area contributed by atoms with E-state index >= 15 is 0 Å². The molecule has 0 unspecified atom stereocenters. The molecule has 2 fully saturated rings. The van der Waals surface area contributed by atoms with E-state index in [0.717, 1.165) is 6.54 Å². The maximum absolute atomic E-state index is 12.7. The Morgan fingerprint density at radius 3 is 2.53 bits per heavy atom. The third-order valence-electron chi connectivity index (χ3n) is 6.79. The molecule has 2 aromatic carbocycles. The fraction of sp³-hybridized carbons (Fsp3) is 0.440. The van der Waals surface area contributed by atoms with Crippen molar-refractivity contribution >= 4 is 17.5 Å². The quantitative estimate of drug-likeness (QED) is 0.749. The molecule has 2 N–H and O–H groups in total. The van der Waals surface area contributed by atoms with Gasteiger partial charge >= 0.3 is 0 Å². The Kier molecular flexibility index (Phi) is 5.99. The maximum atomic E-state index is 12.7. The summed E-state index contributed by atoms with van der Waals surface area (Å²) in [6, 6.07) is 12.7. The van der Waals surface area contributed by atoms with Gasteiger partial charge in [-0.2, -0.15) is 0 Å². The predicted octanol–water partition coefficient (Wildman–Crippen LogP) is 3.66. The van der Waals surface area contributed by atoms with Crippen molar-refractivity contribution in [1.29, 1.82) is 0 Å². The van der Waals surface area contributed by atoms with Gasteiger partial charge in [0.2, 0.25) is 6.79 Å². The van der Waals surface area contributed by atoms with E-state index in [-0.39, 0.29) is 18.6 Å². The highest BCUT2D eigenvalue weighted by atomic mass is 16.7. The summed E-state index contributed by atoms with van der Waals surface area (Å²) in [5, 5.41) is 5.99. The van der Waals surface area contributed by atoms with E-state index in [9.17, 15) is 9.59 Å². The average Bonchev–Trinajstić information content (AvgIpc) is 3.31. The van der Waals surface area contributed by atoms with Gasteiger partial charge in [0.05, 0.1) is 0 Å². The Morgan fingerprint density at radius 1 is 0.875 bits per heavy atom. The number of nitrogens with one attached hydrogen (secondary N) is 2. The van der Waals surface area contributed by atoms with E-state index in [2.05, 4.69) is 15.5 Å². The molecule has 2 atom stereocenters. The molecule has 3 aliphatic rings. The normalized spacial score (nSPS) is 22.1. The van der Waals surface area contributed by atoms with E-state index in [1.54, 1.807) is 42.5 Å². The number of benzene rings is 2. The van der Waals surface area contributed by atoms with Gasteiger partial charge in [-0.3, -0.25) is 9.59 Å². The fourth-order valence-electron chi connectivity index (χ4n) is 5.09. The molecule has 0 aromatic heterocycles. The number of piperidine rings is 2. The minimum Gasteiger partial charge on any atom is -0.454 e. The van der Waals surface area contributed by atoms with Gasteiger partial charge in [0, 0.05) is 29.4 Å². The van der Waals surface area contributed by atoms with Crippen LogP contribution in [0.4, 0.5) is 5.69 Å². The third-order valence-corrected chi connectivity index (χ3v) is 6.79. The molecular weight excluding hydrogens is 406 g/mol. The first-order valence-corrected chi connectivity index (χ1v) is 11.5. The smallest absolute Gasteiger partial charge is 0.255 e. The molecule has 2 aromatic rings. The van der Waals surface area contributed by atoms with Gasteiger partial charge in [-0.1, -0.05) is 6.42 Å². The van der Waals surface area contributed by atoms with E-state index < -0.39 is 0 Å². The summed E-state index contributed by atoms with van der Waals surface area (Å²) in [5.74, 6) is 1.44. The average molecular weight is 436 g/mol. The first-order valence-electron chi connectivity index (χ1n) is 11.5. The summed E-state index contributed by atoms with van der Waals surface area (Å²) < 4.78 is 10.6. The number of hydrogen-bond donors (Lipinski definition) is 2. The van der Waals surface area contributed by atoms with Crippen LogP contribution in [0.3, 0.4) is 0 Å². The van der Waals surface area contributed by atoms with Crippen LogP contribution in [0.15, 0.2) is 42.5 Å². The van der Waals surface area contributed by atoms with Crippen LogP contribution in [-0.2, 0) is 0 Å². The van der Waals surface area contributed by atoms with Crippen LogP contribution in [-0.4, -0.2) is 49.2 Å². The summed E-state index contributed by atoms with van der Waals surface area (Å²) in [6.07, 6.45) is 6.25. The summed E-state index contributed by atoms with van der Waals surface area (Å²) in [4.78, 5) is 27.8. The van der Waals surface area contributed by atoms with Gasteiger partial charge in [0.1, 0.15) is 0 Å². The number of anilines is 1. The molecule has 168 valence electrons. The lowest BCUT2D eigenvalue weighted by Crippen LogP contribution is -2.51. The van der Waals surface area contributed by atoms with Crippen molar-refractivity contribution in [3.8, 4) is 11.5 Å². The van der Waals surface area contributed by atoms with Crippen molar-refractivity contribution in [2.45, 2.75) is 38.1 Å². The molecule has 32 heavy (non-hydrogen) atoms. The monoisotopic (exact) mass is 435 g/mol. The van der Waals surface area contributed by atoms with Crippen LogP contribution in [0.2, 0.25) is 0 Å². The van der Waals surface area contributed by atoms with E-state index in [1.165, 1.54) is 45.2 Å². The van der Waals surface area contributed by atoms with Crippen LogP contribution in [0.25, 0.3) is 0 Å². The molecule has 7 nitrogen and oxygen atoms in total. The second kappa shape index (κ2) is 9.20. The summed E-state index contributed by atoms with van der Waals surface area (Å²) in [6.45, 7) is 3.30. The Balaban J connectivity index is 1.15. The lowest BCUT2D eigenvalue weighted by atomic mass is 9.83. The Hall–Kier alpha value is -3.06. The lowest BCUT2D eigenvalue weighted by molar-refractivity contribution is 0.0575. The Morgan fingerprint density at radius 2 is 1.66 bits per heavy atom. The van der Waals surface area contributed by atoms with E-state index in [4.69, 9.17) is 9.47 Å². The first kappa shape index (κ1) is 20.8. The second-order valence-electron chi connectivity index (χ2n) is 8.81. The van der Waals surface area contributed by atoms with Crippen molar-refractivity contribution < 1.29 is 19.1 Å². The van der Waals surface area contributed by atoms with Crippen molar-refractivity contribution in [2.24, 2.45) is 5.92 Å². The highest BCUT2D eigenvalue weighted by molar-refractivity contribution is 6.05. The molecule has 2 saturated heterocycles. The summed E-state index contributed by atoms with van der Waals surface area (Å²) in [7, 11) is 0. The fourth-order valence-corrected chi connectivity index (χ4v) is 5.09. The van der Waals surface area contributed by atoms with E-state index in [1.807, 2.05) is 0 Å². The Labute approximate surface area is 188 Å². The molecule has 3 heterocycles. The first-order chi connectivity index (χ1) is 15.7. The van der Waals surface area contributed by atoms with Crippen molar-refractivity contribution in [3.63, 3.8) is 0 Å². The van der Waals surface area contributed by atoms with Crippen LogP contribution < -0.4 is 20.1 Å². The summed E-state index contributed by atoms with van der Waals surface area (Å²) >= 11 is 0. The molecular formula is C25H29N3O4. The van der Waals surface area contributed by atoms with Crippen molar-refractivity contribution in [1.82, 2.24) is 10.2 Å². The number of carbonyl (C=O) groups excluding carboxylic acids is 2. The van der Waals surface area contributed by atoms with Gasteiger partial charge in [-0.25, -0.2) is 0 Å². The molecule has 0 saturated carbocycles. The van der Waals surface area contributed by atoms with Crippen LogP contribution >= 0.6 is 0 Å². The zero-order valence-electron chi connectivity index (χ0n) is 18.1. The van der Waals surface area contributed by atoms with Crippen LogP contribution in [0, 0.1) is 5.92 Å². The molecule has 3 aliphatic heterocycles. The Bertz CT molecular complexity index is 989. The zero-order valence-corrected chi connectivity index (χ0v) is 18.1. The van der Waals surface area contributed by atoms with Gasteiger partial charge in [0.15, 0.2) is 11.5 Å². The molecule has 7 heteroatoms. The number of amides is 2. The second-order valence-corrected chi connectivity index (χ2v) is 8.81. The number of fused-ring (bicyclic) bond motifs is 2. The standard InChI is InChI=1S/C25H29N3O4/c29-24(26-15-19-4-3-13-28-12-2-1-5-21(19)28)17-6-9-20(10-7-17)27-25(30)18-8-11-22-23(14-18)32-16-31-22/h6-11,14,19,21H,1-5,12-13,15-16H2,(H,26,29)(H,27,30)/t19-,21-/m1/s1. The number of carbonyl (C=O) groups is 2. The highest BCUT2D eigenvalue weighted by Crippen LogP contribution is 2.33. The minimum atomic E-state index is -0.241. The lowest BCUT2D eigenvalue weighted by Gasteiger charge is -2.44.